The van der Waals surface area contributed by atoms with Crippen LogP contribution in [0.1, 0.15) is 43.1 Å². The largest absolute Gasteiger partial charge is 0.357 e. The van der Waals surface area contributed by atoms with Crippen LogP contribution in [0.3, 0.4) is 0 Å². The third kappa shape index (κ3) is 4.15. The highest BCUT2D eigenvalue weighted by Gasteiger charge is 2.31. The van der Waals surface area contributed by atoms with E-state index in [1.165, 1.54) is 5.69 Å². The predicted molar refractivity (Wildman–Crippen MR) is 122 cm³/mol. The molecule has 1 aliphatic rings. The Morgan fingerprint density at radius 2 is 1.90 bits per heavy atom. The number of hydrogen-bond donors (Lipinski definition) is 2. The lowest BCUT2D eigenvalue weighted by Gasteiger charge is -2.31. The second-order valence-corrected chi connectivity index (χ2v) is 9.12. The Morgan fingerprint density at radius 3 is 2.63 bits per heavy atom. The van der Waals surface area contributed by atoms with Gasteiger partial charge in [-0.05, 0) is 33.5 Å². The van der Waals surface area contributed by atoms with Gasteiger partial charge in [-0.1, -0.05) is 56.3 Å². The number of aromatic nitrogens is 1. The van der Waals surface area contributed by atoms with Gasteiger partial charge >= 0.3 is 0 Å². The van der Waals surface area contributed by atoms with Crippen LogP contribution in [0.25, 0.3) is 10.9 Å². The summed E-state index contributed by atoms with van der Waals surface area (Å²) in [5.74, 6) is 0.0768. The van der Waals surface area contributed by atoms with E-state index in [4.69, 9.17) is 0 Å². The minimum absolute atomic E-state index is 0.0618. The summed E-state index contributed by atoms with van der Waals surface area (Å²) in [6.07, 6.45) is 1.17. The number of amides is 2. The molecule has 3 aromatic rings. The number of fused-ring (bicyclic) bond motifs is 3. The lowest BCUT2D eigenvalue weighted by atomic mass is 10.0. The number of H-pyrrole nitrogens is 1. The number of nitrogens with one attached hydrogen (secondary N) is 2. The van der Waals surface area contributed by atoms with E-state index >= 15 is 0 Å². The molecule has 2 N–H and O–H groups in total. The maximum absolute atomic E-state index is 13.5. The summed E-state index contributed by atoms with van der Waals surface area (Å²) in [6, 6.07) is 15.0. The van der Waals surface area contributed by atoms with Crippen molar-refractivity contribution in [2.45, 2.75) is 39.3 Å². The molecule has 0 saturated carbocycles. The molecule has 30 heavy (non-hydrogen) atoms. The van der Waals surface area contributed by atoms with Gasteiger partial charge in [-0.3, -0.25) is 9.59 Å². The monoisotopic (exact) mass is 467 g/mol. The zero-order chi connectivity index (χ0) is 21.3. The van der Waals surface area contributed by atoms with Crippen molar-refractivity contribution in [2.24, 2.45) is 5.92 Å². The Kier molecular flexibility index (Phi) is 5.95. The third-order valence-corrected chi connectivity index (χ3v) is 6.21. The molecular weight excluding hydrogens is 442 g/mol. The van der Waals surface area contributed by atoms with Crippen LogP contribution >= 0.6 is 15.9 Å². The van der Waals surface area contributed by atoms with Gasteiger partial charge in [0.05, 0.1) is 5.52 Å². The van der Waals surface area contributed by atoms with Crippen LogP contribution in [0.4, 0.5) is 0 Å². The predicted octanol–water partition coefficient (Wildman–Crippen LogP) is 4.72. The molecule has 1 unspecified atom stereocenters. The Bertz CT molecular complexity index is 1070. The second-order valence-electron chi connectivity index (χ2n) is 8.26. The molecule has 0 bridgehead atoms. The molecule has 0 aliphatic carbocycles. The standard InChI is InChI=1S/C24H26BrN3O2/c1-15(2)13-21(29)27-22(16-7-4-3-5-8-16)24(30)28-12-11-20-18(14-28)17-9-6-10-19(25)23(17)26-20/h3-10,15,22,26H,11-14H2,1-2H3,(H,27,29). The smallest absolute Gasteiger partial charge is 0.250 e. The molecule has 0 saturated heterocycles. The molecule has 0 fully saturated rings. The topological polar surface area (TPSA) is 65.2 Å². The van der Waals surface area contributed by atoms with Gasteiger partial charge in [0.1, 0.15) is 6.04 Å². The number of benzene rings is 2. The van der Waals surface area contributed by atoms with Crippen molar-refractivity contribution in [3.8, 4) is 0 Å². The van der Waals surface area contributed by atoms with Gasteiger partial charge in [0.2, 0.25) is 11.8 Å². The van der Waals surface area contributed by atoms with E-state index in [2.05, 4.69) is 32.3 Å². The Morgan fingerprint density at radius 1 is 1.13 bits per heavy atom. The summed E-state index contributed by atoms with van der Waals surface area (Å²) >= 11 is 3.61. The lowest BCUT2D eigenvalue weighted by Crippen LogP contribution is -2.45. The molecule has 2 heterocycles. The van der Waals surface area contributed by atoms with Crippen LogP contribution in [0.15, 0.2) is 53.0 Å². The summed E-state index contributed by atoms with van der Waals surface area (Å²) in [7, 11) is 0. The van der Waals surface area contributed by atoms with Gasteiger partial charge in [-0.15, -0.1) is 0 Å². The first-order valence-electron chi connectivity index (χ1n) is 10.3. The number of carbonyl (C=O) groups is 2. The Hall–Kier alpha value is -2.60. The molecular formula is C24H26BrN3O2. The van der Waals surface area contributed by atoms with Gasteiger partial charge in [0.15, 0.2) is 0 Å². The van der Waals surface area contributed by atoms with Crippen molar-refractivity contribution in [2.75, 3.05) is 6.54 Å². The van der Waals surface area contributed by atoms with Crippen LogP contribution in [0.5, 0.6) is 0 Å². The first-order valence-corrected chi connectivity index (χ1v) is 11.1. The number of hydrogen-bond acceptors (Lipinski definition) is 2. The number of halogens is 1. The lowest BCUT2D eigenvalue weighted by molar-refractivity contribution is -0.137. The van der Waals surface area contributed by atoms with Gasteiger partial charge in [0, 0.05) is 47.0 Å². The number of rotatable bonds is 5. The molecule has 0 spiro atoms. The molecule has 4 rings (SSSR count). The maximum atomic E-state index is 13.5. The van der Waals surface area contributed by atoms with Crippen molar-refractivity contribution in [3.05, 3.63) is 69.8 Å². The number of carbonyl (C=O) groups excluding carboxylic acids is 2. The van der Waals surface area contributed by atoms with Crippen LogP contribution in [-0.4, -0.2) is 28.2 Å². The van der Waals surface area contributed by atoms with Crippen molar-refractivity contribution in [1.29, 1.82) is 0 Å². The SMILES string of the molecule is CC(C)CC(=O)NC(C(=O)N1CCc2[nH]c3c(Br)cccc3c2C1)c1ccccc1. The van der Waals surface area contributed by atoms with Gasteiger partial charge in [-0.25, -0.2) is 0 Å². The zero-order valence-electron chi connectivity index (χ0n) is 17.2. The Labute approximate surface area is 185 Å². The van der Waals surface area contributed by atoms with Gasteiger partial charge in [0.25, 0.3) is 0 Å². The first-order chi connectivity index (χ1) is 14.4. The van der Waals surface area contributed by atoms with E-state index in [0.717, 1.165) is 32.9 Å². The minimum Gasteiger partial charge on any atom is -0.357 e. The van der Waals surface area contributed by atoms with E-state index in [0.29, 0.717) is 19.5 Å². The normalized spacial score (nSPS) is 14.6. The molecule has 5 nitrogen and oxygen atoms in total. The summed E-state index contributed by atoms with van der Waals surface area (Å²) in [4.78, 5) is 31.4. The zero-order valence-corrected chi connectivity index (χ0v) is 18.8. The van der Waals surface area contributed by atoms with Crippen molar-refractivity contribution < 1.29 is 9.59 Å². The Balaban J connectivity index is 1.61. The summed E-state index contributed by atoms with van der Waals surface area (Å²) in [5, 5.41) is 4.12. The molecule has 1 atom stereocenters. The van der Waals surface area contributed by atoms with E-state index in [1.807, 2.05) is 61.2 Å². The molecule has 6 heteroatoms. The van der Waals surface area contributed by atoms with Crippen LogP contribution in [0.2, 0.25) is 0 Å². The van der Waals surface area contributed by atoms with Crippen LogP contribution < -0.4 is 5.32 Å². The average Bonchev–Trinajstić information content (AvgIpc) is 3.11. The average molecular weight is 468 g/mol. The van der Waals surface area contributed by atoms with Crippen molar-refractivity contribution in [3.63, 3.8) is 0 Å². The fourth-order valence-corrected chi connectivity index (χ4v) is 4.56. The van der Waals surface area contributed by atoms with Crippen molar-refractivity contribution in [1.82, 2.24) is 15.2 Å². The summed E-state index contributed by atoms with van der Waals surface area (Å²) in [5.41, 5.74) is 4.22. The van der Waals surface area contributed by atoms with E-state index in [9.17, 15) is 9.59 Å². The van der Waals surface area contributed by atoms with E-state index in [-0.39, 0.29) is 17.7 Å². The highest BCUT2D eigenvalue weighted by atomic mass is 79.9. The molecule has 1 aliphatic heterocycles. The van der Waals surface area contributed by atoms with Gasteiger partial charge in [-0.2, -0.15) is 0 Å². The molecule has 2 amide bonds. The minimum atomic E-state index is -0.670. The van der Waals surface area contributed by atoms with Crippen molar-refractivity contribution >= 4 is 38.6 Å². The first kappa shape index (κ1) is 20.7. The van der Waals surface area contributed by atoms with Crippen LogP contribution in [0, 0.1) is 5.92 Å². The third-order valence-electron chi connectivity index (χ3n) is 5.55. The molecule has 1 aromatic heterocycles. The van der Waals surface area contributed by atoms with Crippen LogP contribution in [-0.2, 0) is 22.6 Å². The van der Waals surface area contributed by atoms with Gasteiger partial charge < -0.3 is 15.2 Å². The quantitative estimate of drug-likeness (QED) is 0.569. The highest BCUT2D eigenvalue weighted by molar-refractivity contribution is 9.10. The summed E-state index contributed by atoms with van der Waals surface area (Å²) < 4.78 is 1.02. The van der Waals surface area contributed by atoms with E-state index < -0.39 is 6.04 Å². The molecule has 156 valence electrons. The second kappa shape index (κ2) is 8.64. The fraction of sp³-hybridized carbons (Fsp3) is 0.333. The number of para-hydroxylation sites is 1. The highest BCUT2D eigenvalue weighted by Crippen LogP contribution is 2.32. The number of nitrogens with zero attached hydrogens (tertiary/aromatic N) is 1. The van der Waals surface area contributed by atoms with E-state index in [1.54, 1.807) is 0 Å². The number of aromatic amines is 1. The molecule has 0 radical (unpaired) electrons. The fourth-order valence-electron chi connectivity index (χ4n) is 4.10. The maximum Gasteiger partial charge on any atom is 0.250 e. The summed E-state index contributed by atoms with van der Waals surface area (Å²) in [6.45, 7) is 5.16. The molecule has 2 aromatic carbocycles.